The Morgan fingerprint density at radius 2 is 1.79 bits per heavy atom. The van der Waals surface area contributed by atoms with Gasteiger partial charge in [0.05, 0.1) is 11.6 Å². The topological polar surface area (TPSA) is 134 Å². The second kappa shape index (κ2) is 13.0. The Bertz CT molecular complexity index is 1230. The maximum Gasteiger partial charge on any atom is 0.290 e. The Balaban J connectivity index is 1.80. The lowest BCUT2D eigenvalue weighted by Gasteiger charge is -2.28. The lowest BCUT2D eigenvalue weighted by molar-refractivity contribution is -0.142. The zero-order chi connectivity index (χ0) is 28.7. The van der Waals surface area contributed by atoms with Crippen molar-refractivity contribution in [2.24, 2.45) is 17.8 Å². The summed E-state index contributed by atoms with van der Waals surface area (Å²) in [5.41, 5.74) is 0.309. The summed E-state index contributed by atoms with van der Waals surface area (Å²) in [5, 5.41) is 9.09. The van der Waals surface area contributed by atoms with E-state index in [1.807, 2.05) is 44.2 Å². The van der Waals surface area contributed by atoms with Crippen molar-refractivity contribution in [1.82, 2.24) is 20.9 Å². The number of fused-ring (bicyclic) bond motifs is 1. The number of rotatable bonds is 11. The van der Waals surface area contributed by atoms with E-state index in [1.165, 1.54) is 0 Å². The first-order valence-electron chi connectivity index (χ1n) is 13.7. The Labute approximate surface area is 229 Å². The number of nitrogens with one attached hydrogen (secondary N) is 3. The Hall–Kier alpha value is -3.62. The predicted molar refractivity (Wildman–Crippen MR) is 149 cm³/mol. The molecule has 0 saturated carbocycles. The molecule has 9 heteroatoms. The smallest absolute Gasteiger partial charge is 0.290 e. The second-order valence-electron chi connectivity index (χ2n) is 11.8. The molecule has 9 nitrogen and oxygen atoms in total. The van der Waals surface area contributed by atoms with Crippen LogP contribution in [0.4, 0.5) is 0 Å². The van der Waals surface area contributed by atoms with E-state index < -0.39 is 41.0 Å². The highest BCUT2D eigenvalue weighted by atomic mass is 16.2. The minimum atomic E-state index is -1.18. The first-order chi connectivity index (χ1) is 18.3. The highest BCUT2D eigenvalue weighted by Crippen LogP contribution is 2.22. The zero-order valence-corrected chi connectivity index (χ0v) is 23.5. The van der Waals surface area contributed by atoms with Crippen LogP contribution in [-0.4, -0.2) is 52.4 Å². The Morgan fingerprint density at radius 3 is 2.46 bits per heavy atom. The third kappa shape index (κ3) is 8.70. The van der Waals surface area contributed by atoms with Gasteiger partial charge in [0, 0.05) is 35.7 Å². The molecule has 1 aliphatic heterocycles. The van der Waals surface area contributed by atoms with Crippen molar-refractivity contribution in [2.45, 2.75) is 78.3 Å². The van der Waals surface area contributed by atoms with Crippen molar-refractivity contribution >= 4 is 40.2 Å². The van der Waals surface area contributed by atoms with Crippen molar-refractivity contribution in [1.29, 1.82) is 0 Å². The summed E-state index contributed by atoms with van der Waals surface area (Å²) in [4.78, 5) is 69.6. The summed E-state index contributed by atoms with van der Waals surface area (Å²) in [7, 11) is 0. The van der Waals surface area contributed by atoms with Crippen molar-refractivity contribution < 1.29 is 24.0 Å². The minimum Gasteiger partial charge on any atom is -0.356 e. The molecule has 0 spiro atoms. The number of hydrogen-bond acceptors (Lipinski definition) is 6. The Kier molecular flexibility index (Phi) is 9.94. The summed E-state index contributed by atoms with van der Waals surface area (Å²) >= 11 is 0. The molecule has 2 aromatic rings. The Morgan fingerprint density at radius 1 is 1.08 bits per heavy atom. The van der Waals surface area contributed by atoms with E-state index in [1.54, 1.807) is 26.8 Å². The van der Waals surface area contributed by atoms with E-state index in [-0.39, 0.29) is 36.1 Å². The van der Waals surface area contributed by atoms with Gasteiger partial charge in [0.1, 0.15) is 5.69 Å². The monoisotopic (exact) mass is 536 g/mol. The molecule has 2 heterocycles. The predicted octanol–water partition coefficient (Wildman–Crippen LogP) is 3.35. The summed E-state index contributed by atoms with van der Waals surface area (Å²) in [6, 6.07) is 9.76. The molecule has 0 bridgehead atoms. The number of carbonyl (C=O) groups is 5. The summed E-state index contributed by atoms with van der Waals surface area (Å²) in [6.07, 6.45) is 1.65. The molecule has 1 aromatic heterocycles. The largest absolute Gasteiger partial charge is 0.356 e. The van der Waals surface area contributed by atoms with E-state index in [0.717, 1.165) is 11.8 Å². The number of nitrogens with zero attached hydrogens (tertiary/aromatic N) is 1. The molecule has 3 amide bonds. The average molecular weight is 537 g/mol. The highest BCUT2D eigenvalue weighted by Gasteiger charge is 2.36. The fraction of sp³-hybridized carbons (Fsp3) is 0.533. The standard InChI is InChI=1S/C30H40N4O5/c1-18(2)15-21(17-25(35)23-13-12-19-9-6-7-11-22(19)32-23)28(38)33-24(16-20-10-8-14-31-27(20)37)26(36)29(39)34-30(3,4)5/h6-7,9,11-13,18,20-21,24H,8,10,14-17H2,1-5H3,(H,31,37)(H,33,38)(H,34,39)/t20-,21+,24-/m0/s1. The summed E-state index contributed by atoms with van der Waals surface area (Å²) in [5.74, 6) is -3.71. The molecule has 3 atom stereocenters. The first-order valence-corrected chi connectivity index (χ1v) is 13.7. The molecular weight excluding hydrogens is 496 g/mol. The van der Waals surface area contributed by atoms with E-state index in [0.29, 0.717) is 24.9 Å². The van der Waals surface area contributed by atoms with Crippen molar-refractivity contribution in [3.63, 3.8) is 0 Å². The number of para-hydroxylation sites is 1. The van der Waals surface area contributed by atoms with Gasteiger partial charge < -0.3 is 16.0 Å². The van der Waals surface area contributed by atoms with Crippen LogP contribution in [0.25, 0.3) is 10.9 Å². The number of carbonyl (C=O) groups excluding carboxylic acids is 5. The fourth-order valence-corrected chi connectivity index (χ4v) is 4.83. The van der Waals surface area contributed by atoms with Gasteiger partial charge in [0.2, 0.25) is 17.6 Å². The van der Waals surface area contributed by atoms with Crippen LogP contribution in [0.1, 0.15) is 77.2 Å². The van der Waals surface area contributed by atoms with Gasteiger partial charge in [0.25, 0.3) is 5.91 Å². The lowest BCUT2D eigenvalue weighted by Crippen LogP contribution is -2.54. The number of benzene rings is 1. The van der Waals surface area contributed by atoms with E-state index in [2.05, 4.69) is 20.9 Å². The van der Waals surface area contributed by atoms with Crippen LogP contribution in [-0.2, 0) is 19.2 Å². The molecule has 0 radical (unpaired) electrons. The maximum atomic E-state index is 13.5. The maximum absolute atomic E-state index is 13.5. The normalized spacial score (nSPS) is 17.3. The quantitative estimate of drug-likeness (QED) is 0.298. The molecule has 1 aromatic carbocycles. The first kappa shape index (κ1) is 29.9. The lowest BCUT2D eigenvalue weighted by atomic mass is 9.87. The van der Waals surface area contributed by atoms with Crippen LogP contribution in [0.3, 0.4) is 0 Å². The van der Waals surface area contributed by atoms with Crippen LogP contribution < -0.4 is 16.0 Å². The van der Waals surface area contributed by atoms with Gasteiger partial charge in [-0.25, -0.2) is 4.98 Å². The molecule has 1 aliphatic rings. The van der Waals surface area contributed by atoms with E-state index in [9.17, 15) is 24.0 Å². The van der Waals surface area contributed by atoms with Gasteiger partial charge in [-0.2, -0.15) is 0 Å². The van der Waals surface area contributed by atoms with Gasteiger partial charge in [0.15, 0.2) is 5.78 Å². The molecular formula is C30H40N4O5. The third-order valence-corrected chi connectivity index (χ3v) is 6.71. The second-order valence-corrected chi connectivity index (χ2v) is 11.8. The SMILES string of the molecule is CC(C)C[C@H](CC(=O)c1ccc2ccccc2n1)C(=O)N[C@@H](C[C@@H]1CCCNC1=O)C(=O)C(=O)NC(C)(C)C. The van der Waals surface area contributed by atoms with Gasteiger partial charge in [-0.05, 0) is 64.5 Å². The van der Waals surface area contributed by atoms with Crippen molar-refractivity contribution in [2.75, 3.05) is 6.54 Å². The number of piperidine rings is 1. The number of ketones is 2. The fourth-order valence-electron chi connectivity index (χ4n) is 4.83. The molecule has 3 N–H and O–H groups in total. The molecule has 0 unspecified atom stereocenters. The number of hydrogen-bond donors (Lipinski definition) is 3. The van der Waals surface area contributed by atoms with E-state index >= 15 is 0 Å². The zero-order valence-electron chi connectivity index (χ0n) is 23.5. The molecule has 210 valence electrons. The average Bonchev–Trinajstić information content (AvgIpc) is 2.87. The van der Waals surface area contributed by atoms with Crippen molar-refractivity contribution in [3.05, 3.63) is 42.1 Å². The number of pyridine rings is 1. The van der Waals surface area contributed by atoms with Crippen molar-refractivity contribution in [3.8, 4) is 0 Å². The van der Waals surface area contributed by atoms with E-state index in [4.69, 9.17) is 0 Å². The number of aromatic nitrogens is 1. The molecule has 3 rings (SSSR count). The van der Waals surface area contributed by atoms with Crippen LogP contribution in [0.5, 0.6) is 0 Å². The summed E-state index contributed by atoms with van der Waals surface area (Å²) < 4.78 is 0. The number of amides is 3. The van der Waals surface area contributed by atoms with Crippen LogP contribution >= 0.6 is 0 Å². The van der Waals surface area contributed by atoms with Gasteiger partial charge in [-0.1, -0.05) is 38.1 Å². The third-order valence-electron chi connectivity index (χ3n) is 6.71. The van der Waals surface area contributed by atoms with Crippen LogP contribution in [0, 0.1) is 17.8 Å². The molecule has 1 fully saturated rings. The molecule has 0 aliphatic carbocycles. The minimum absolute atomic E-state index is 0.0164. The highest BCUT2D eigenvalue weighted by molar-refractivity contribution is 6.38. The van der Waals surface area contributed by atoms with Crippen LogP contribution in [0.2, 0.25) is 0 Å². The van der Waals surface area contributed by atoms with Crippen LogP contribution in [0.15, 0.2) is 36.4 Å². The van der Waals surface area contributed by atoms with Gasteiger partial charge in [-0.15, -0.1) is 0 Å². The number of Topliss-reactive ketones (excluding diaryl/α,β-unsaturated/α-hetero) is 2. The van der Waals surface area contributed by atoms with Gasteiger partial charge >= 0.3 is 0 Å². The summed E-state index contributed by atoms with van der Waals surface area (Å²) in [6.45, 7) is 9.73. The van der Waals surface area contributed by atoms with Gasteiger partial charge in [-0.3, -0.25) is 24.0 Å². The molecule has 1 saturated heterocycles. The molecule has 39 heavy (non-hydrogen) atoms.